The number of pyridine rings is 1. The van der Waals surface area contributed by atoms with E-state index in [4.69, 9.17) is 0 Å². The zero-order valence-electron chi connectivity index (χ0n) is 12.3. The SMILES string of the molecule is C=CCCC(CCCCC)CS(=O)(=O)c1ccccn1. The maximum Gasteiger partial charge on any atom is 0.195 e. The van der Waals surface area contributed by atoms with Gasteiger partial charge in [0.1, 0.15) is 0 Å². The van der Waals surface area contributed by atoms with Crippen LogP contribution in [0.5, 0.6) is 0 Å². The van der Waals surface area contributed by atoms with E-state index in [-0.39, 0.29) is 16.7 Å². The molecule has 0 aromatic carbocycles. The Morgan fingerprint density at radius 3 is 2.70 bits per heavy atom. The molecule has 0 N–H and O–H groups in total. The van der Waals surface area contributed by atoms with Crippen LogP contribution in [0.3, 0.4) is 0 Å². The van der Waals surface area contributed by atoms with Crippen LogP contribution >= 0.6 is 0 Å². The van der Waals surface area contributed by atoms with Gasteiger partial charge in [-0.3, -0.25) is 0 Å². The number of nitrogens with zero attached hydrogens (tertiary/aromatic N) is 1. The highest BCUT2D eigenvalue weighted by atomic mass is 32.2. The summed E-state index contributed by atoms with van der Waals surface area (Å²) in [6.45, 7) is 5.88. The molecule has 0 aliphatic carbocycles. The molecule has 0 bridgehead atoms. The van der Waals surface area contributed by atoms with Gasteiger partial charge in [-0.05, 0) is 37.3 Å². The maximum atomic E-state index is 12.4. The van der Waals surface area contributed by atoms with E-state index in [0.717, 1.165) is 38.5 Å². The number of hydrogen-bond acceptors (Lipinski definition) is 3. The zero-order chi connectivity index (χ0) is 14.8. The first kappa shape index (κ1) is 16.9. The first-order valence-electron chi connectivity index (χ1n) is 7.34. The minimum atomic E-state index is -3.27. The molecule has 0 aliphatic rings. The van der Waals surface area contributed by atoms with Gasteiger partial charge in [0.2, 0.25) is 0 Å². The average Bonchev–Trinajstić information content (AvgIpc) is 2.45. The molecule has 1 aromatic rings. The molecule has 1 unspecified atom stereocenters. The number of aromatic nitrogens is 1. The lowest BCUT2D eigenvalue weighted by Crippen LogP contribution is -2.17. The van der Waals surface area contributed by atoms with Gasteiger partial charge in [0.25, 0.3) is 0 Å². The number of sulfone groups is 1. The van der Waals surface area contributed by atoms with Crippen molar-refractivity contribution in [2.75, 3.05) is 5.75 Å². The fraction of sp³-hybridized carbons (Fsp3) is 0.562. The van der Waals surface area contributed by atoms with Gasteiger partial charge < -0.3 is 0 Å². The van der Waals surface area contributed by atoms with Crippen molar-refractivity contribution in [3.63, 3.8) is 0 Å². The van der Waals surface area contributed by atoms with Gasteiger partial charge in [0.05, 0.1) is 5.75 Å². The summed E-state index contributed by atoms with van der Waals surface area (Å²) in [5.41, 5.74) is 0. The highest BCUT2D eigenvalue weighted by Gasteiger charge is 2.21. The number of rotatable bonds is 10. The Balaban J connectivity index is 2.69. The predicted molar refractivity (Wildman–Crippen MR) is 83.4 cm³/mol. The van der Waals surface area contributed by atoms with Crippen molar-refractivity contribution in [2.24, 2.45) is 5.92 Å². The van der Waals surface area contributed by atoms with Crippen molar-refractivity contribution in [1.29, 1.82) is 0 Å². The quantitative estimate of drug-likeness (QED) is 0.484. The maximum absolute atomic E-state index is 12.4. The third-order valence-electron chi connectivity index (χ3n) is 3.41. The van der Waals surface area contributed by atoms with Gasteiger partial charge in [0, 0.05) is 6.20 Å². The Kier molecular flexibility index (Phi) is 7.52. The van der Waals surface area contributed by atoms with Crippen LogP contribution in [0.15, 0.2) is 42.1 Å². The van der Waals surface area contributed by atoms with Crippen LogP contribution < -0.4 is 0 Å². The first-order chi connectivity index (χ1) is 9.60. The molecule has 0 amide bonds. The van der Waals surface area contributed by atoms with Gasteiger partial charge in [-0.25, -0.2) is 13.4 Å². The van der Waals surface area contributed by atoms with Crippen LogP contribution in [-0.2, 0) is 9.84 Å². The summed E-state index contributed by atoms with van der Waals surface area (Å²) in [5.74, 6) is 0.397. The second kappa shape index (κ2) is 8.90. The molecule has 1 aromatic heterocycles. The van der Waals surface area contributed by atoms with Crippen molar-refractivity contribution in [1.82, 2.24) is 4.98 Å². The van der Waals surface area contributed by atoms with Gasteiger partial charge >= 0.3 is 0 Å². The third kappa shape index (κ3) is 5.87. The van der Waals surface area contributed by atoms with Gasteiger partial charge in [-0.15, -0.1) is 6.58 Å². The summed E-state index contributed by atoms with van der Waals surface area (Å²) in [5, 5.41) is 0.194. The van der Waals surface area contributed by atoms with E-state index >= 15 is 0 Å². The normalized spacial score (nSPS) is 13.1. The summed E-state index contributed by atoms with van der Waals surface area (Å²) in [4.78, 5) is 3.97. The molecule has 0 radical (unpaired) electrons. The molecule has 0 fully saturated rings. The van der Waals surface area contributed by atoms with Crippen LogP contribution in [0.1, 0.15) is 45.4 Å². The molecular formula is C16H25NO2S. The van der Waals surface area contributed by atoms with Gasteiger partial charge in [0.15, 0.2) is 14.9 Å². The molecule has 3 nitrogen and oxygen atoms in total. The lowest BCUT2D eigenvalue weighted by atomic mass is 9.98. The molecule has 0 saturated heterocycles. The van der Waals surface area contributed by atoms with E-state index in [9.17, 15) is 8.42 Å². The third-order valence-corrected chi connectivity index (χ3v) is 5.20. The first-order valence-corrected chi connectivity index (χ1v) is 9.00. The van der Waals surface area contributed by atoms with Crippen molar-refractivity contribution in [2.45, 2.75) is 50.5 Å². The van der Waals surface area contributed by atoms with E-state index in [1.165, 1.54) is 6.20 Å². The number of hydrogen-bond donors (Lipinski definition) is 0. The summed E-state index contributed by atoms with van der Waals surface area (Å²) in [7, 11) is -3.27. The molecule has 20 heavy (non-hydrogen) atoms. The standard InChI is InChI=1S/C16H25NO2S/c1-3-5-7-11-15(10-6-4-2)14-20(18,19)16-12-8-9-13-17-16/h4,8-9,12-13,15H,2-3,5-7,10-11,14H2,1H3. The van der Waals surface area contributed by atoms with Crippen molar-refractivity contribution >= 4 is 9.84 Å². The molecule has 4 heteroatoms. The van der Waals surface area contributed by atoms with Crippen molar-refractivity contribution in [3.05, 3.63) is 37.1 Å². The Labute approximate surface area is 123 Å². The Hall–Kier alpha value is -1.16. The van der Waals surface area contributed by atoms with E-state index in [0.29, 0.717) is 0 Å². The minimum Gasteiger partial charge on any atom is -0.245 e. The topological polar surface area (TPSA) is 47.0 Å². The van der Waals surface area contributed by atoms with Crippen LogP contribution in [0.25, 0.3) is 0 Å². The van der Waals surface area contributed by atoms with E-state index in [2.05, 4.69) is 18.5 Å². The van der Waals surface area contributed by atoms with Crippen LogP contribution in [0, 0.1) is 5.92 Å². The predicted octanol–water partition coefficient (Wildman–Crippen LogP) is 4.02. The molecule has 0 saturated carbocycles. The molecule has 1 atom stereocenters. The fourth-order valence-corrected chi connectivity index (χ4v) is 3.91. The zero-order valence-corrected chi connectivity index (χ0v) is 13.1. The van der Waals surface area contributed by atoms with Crippen molar-refractivity contribution < 1.29 is 8.42 Å². The van der Waals surface area contributed by atoms with E-state index in [1.54, 1.807) is 18.2 Å². The highest BCUT2D eigenvalue weighted by molar-refractivity contribution is 7.91. The molecular weight excluding hydrogens is 270 g/mol. The Morgan fingerprint density at radius 1 is 1.30 bits per heavy atom. The summed E-state index contributed by atoms with van der Waals surface area (Å²) in [6.07, 6.45) is 9.52. The molecule has 1 heterocycles. The molecule has 112 valence electrons. The van der Waals surface area contributed by atoms with E-state index < -0.39 is 9.84 Å². The number of unbranched alkanes of at least 4 members (excludes halogenated alkanes) is 2. The van der Waals surface area contributed by atoms with Gasteiger partial charge in [-0.2, -0.15) is 0 Å². The summed E-state index contributed by atoms with van der Waals surface area (Å²) >= 11 is 0. The fourth-order valence-electron chi connectivity index (χ4n) is 2.27. The average molecular weight is 295 g/mol. The second-order valence-corrected chi connectivity index (χ2v) is 7.16. The van der Waals surface area contributed by atoms with Gasteiger partial charge in [-0.1, -0.05) is 38.3 Å². The van der Waals surface area contributed by atoms with Crippen LogP contribution in [0.4, 0.5) is 0 Å². The summed E-state index contributed by atoms with van der Waals surface area (Å²) < 4.78 is 24.7. The highest BCUT2D eigenvalue weighted by Crippen LogP contribution is 2.21. The number of allylic oxidation sites excluding steroid dienone is 1. The Bertz CT molecular complexity index is 482. The molecule has 0 aliphatic heterocycles. The van der Waals surface area contributed by atoms with Crippen LogP contribution in [0.2, 0.25) is 0 Å². The molecule has 1 rings (SSSR count). The Morgan fingerprint density at radius 2 is 2.10 bits per heavy atom. The largest absolute Gasteiger partial charge is 0.245 e. The second-order valence-electron chi connectivity index (χ2n) is 5.18. The van der Waals surface area contributed by atoms with Crippen LogP contribution in [-0.4, -0.2) is 19.2 Å². The van der Waals surface area contributed by atoms with E-state index in [1.807, 2.05) is 6.08 Å². The molecule has 0 spiro atoms. The smallest absolute Gasteiger partial charge is 0.195 e. The van der Waals surface area contributed by atoms with Crippen molar-refractivity contribution in [3.8, 4) is 0 Å². The monoisotopic (exact) mass is 295 g/mol. The lowest BCUT2D eigenvalue weighted by Gasteiger charge is -2.16. The lowest BCUT2D eigenvalue weighted by molar-refractivity contribution is 0.462. The minimum absolute atomic E-state index is 0.194. The summed E-state index contributed by atoms with van der Waals surface area (Å²) in [6, 6.07) is 5.02.